The van der Waals surface area contributed by atoms with Gasteiger partial charge in [-0.15, -0.1) is 5.10 Å². The second kappa shape index (κ2) is 10.3. The Kier molecular flexibility index (Phi) is 7.53. The van der Waals surface area contributed by atoms with Crippen LogP contribution in [0, 0.1) is 6.92 Å². The zero-order valence-corrected chi connectivity index (χ0v) is 22.7. The van der Waals surface area contributed by atoms with Gasteiger partial charge in [0.15, 0.2) is 11.3 Å². The fourth-order valence-electron chi connectivity index (χ4n) is 4.73. The number of hydrogen-bond acceptors (Lipinski definition) is 7. The van der Waals surface area contributed by atoms with Gasteiger partial charge in [-0.25, -0.2) is 17.9 Å². The van der Waals surface area contributed by atoms with Crippen LogP contribution in [0.25, 0.3) is 16.9 Å². The Balaban J connectivity index is 1.84. The van der Waals surface area contributed by atoms with E-state index in [2.05, 4.69) is 26.9 Å². The third kappa shape index (κ3) is 4.79. The second-order valence-corrected chi connectivity index (χ2v) is 11.5. The van der Waals surface area contributed by atoms with Crippen LogP contribution in [-0.4, -0.2) is 76.0 Å². The summed E-state index contributed by atoms with van der Waals surface area (Å²) in [4.78, 5) is 22.7. The van der Waals surface area contributed by atoms with E-state index in [1.807, 2.05) is 27.8 Å². The first-order valence-corrected chi connectivity index (χ1v) is 14.0. The first-order valence-electron chi connectivity index (χ1n) is 12.6. The van der Waals surface area contributed by atoms with Crippen LogP contribution in [0.3, 0.4) is 0 Å². The van der Waals surface area contributed by atoms with Gasteiger partial charge in [-0.1, -0.05) is 6.92 Å². The van der Waals surface area contributed by atoms with E-state index in [1.165, 1.54) is 0 Å². The van der Waals surface area contributed by atoms with Crippen LogP contribution in [0.15, 0.2) is 27.9 Å². The molecule has 1 aliphatic rings. The van der Waals surface area contributed by atoms with Crippen molar-refractivity contribution >= 4 is 15.5 Å². The molecule has 1 saturated heterocycles. The molecular formula is C25H36N6O4S. The number of benzene rings is 1. The molecule has 0 spiro atoms. The zero-order chi connectivity index (χ0) is 26.2. The van der Waals surface area contributed by atoms with Gasteiger partial charge in [-0.05, 0) is 65.8 Å². The number of fused-ring (bicyclic) bond motifs is 1. The number of rotatable bonds is 7. The van der Waals surface area contributed by atoms with Gasteiger partial charge in [0.1, 0.15) is 11.6 Å². The van der Waals surface area contributed by atoms with Gasteiger partial charge in [-0.2, -0.15) is 4.31 Å². The summed E-state index contributed by atoms with van der Waals surface area (Å²) in [5.41, 5.74) is 1.08. The van der Waals surface area contributed by atoms with Gasteiger partial charge in [0.25, 0.3) is 5.56 Å². The molecule has 0 saturated carbocycles. The molecule has 196 valence electrons. The third-order valence-corrected chi connectivity index (χ3v) is 8.88. The topological polar surface area (TPSA) is 113 Å². The summed E-state index contributed by atoms with van der Waals surface area (Å²) in [5, 5.41) is 4.67. The molecule has 36 heavy (non-hydrogen) atoms. The molecule has 2 atom stereocenters. The van der Waals surface area contributed by atoms with Gasteiger partial charge in [0, 0.05) is 31.6 Å². The van der Waals surface area contributed by atoms with Crippen molar-refractivity contribution in [2.75, 3.05) is 26.7 Å². The van der Waals surface area contributed by atoms with Gasteiger partial charge in [0.2, 0.25) is 10.0 Å². The number of hydrogen-bond donors (Lipinski definition) is 1. The minimum absolute atomic E-state index is 0.0846. The van der Waals surface area contributed by atoms with E-state index in [-0.39, 0.29) is 28.4 Å². The Labute approximate surface area is 212 Å². The van der Waals surface area contributed by atoms with Crippen molar-refractivity contribution in [1.29, 1.82) is 0 Å². The van der Waals surface area contributed by atoms with Crippen LogP contribution >= 0.6 is 0 Å². The molecule has 0 aliphatic carbocycles. The lowest BCUT2D eigenvalue weighted by molar-refractivity contribution is 0.203. The van der Waals surface area contributed by atoms with Crippen molar-refractivity contribution in [3.05, 3.63) is 40.1 Å². The highest BCUT2D eigenvalue weighted by atomic mass is 32.2. The van der Waals surface area contributed by atoms with Crippen molar-refractivity contribution < 1.29 is 13.2 Å². The number of ether oxygens (including phenoxy) is 1. The fraction of sp³-hybridized carbons (Fsp3) is 0.560. The maximum Gasteiger partial charge on any atom is 0.277 e. The predicted molar refractivity (Wildman–Crippen MR) is 139 cm³/mol. The number of nitrogens with one attached hydrogen (secondary N) is 1. The molecule has 1 aliphatic heterocycles. The molecule has 4 rings (SSSR count). The maximum absolute atomic E-state index is 13.7. The molecule has 0 radical (unpaired) electrons. The van der Waals surface area contributed by atoms with Crippen LogP contribution in [0.2, 0.25) is 0 Å². The lowest BCUT2D eigenvalue weighted by Gasteiger charge is -2.28. The SMILES string of the molecule is CCCc1nc(C)c2c(=O)[nH]c(-c3cc(S(=O)(=O)N4CCC(C)N(C)C(C)C4)ccc3OCC)nn12. The minimum atomic E-state index is -3.78. The first-order chi connectivity index (χ1) is 17.1. The summed E-state index contributed by atoms with van der Waals surface area (Å²) >= 11 is 0. The molecule has 11 heteroatoms. The number of aryl methyl sites for hydroxylation is 2. The van der Waals surface area contributed by atoms with E-state index in [9.17, 15) is 13.2 Å². The highest BCUT2D eigenvalue weighted by molar-refractivity contribution is 7.89. The van der Waals surface area contributed by atoms with E-state index in [1.54, 1.807) is 33.9 Å². The van der Waals surface area contributed by atoms with Crippen LogP contribution < -0.4 is 10.3 Å². The van der Waals surface area contributed by atoms with Crippen molar-refractivity contribution in [2.45, 2.75) is 70.9 Å². The Hall–Kier alpha value is -2.76. The van der Waals surface area contributed by atoms with Crippen LogP contribution in [0.1, 0.15) is 52.1 Å². The predicted octanol–water partition coefficient (Wildman–Crippen LogP) is 2.85. The molecule has 2 aromatic heterocycles. The fourth-order valence-corrected chi connectivity index (χ4v) is 6.29. The molecule has 0 amide bonds. The number of aromatic nitrogens is 4. The summed E-state index contributed by atoms with van der Waals surface area (Å²) in [6, 6.07) is 5.12. The average molecular weight is 517 g/mol. The second-order valence-electron chi connectivity index (χ2n) is 9.53. The van der Waals surface area contributed by atoms with Crippen molar-refractivity contribution in [3.8, 4) is 17.1 Å². The number of nitrogens with zero attached hydrogens (tertiary/aromatic N) is 5. The summed E-state index contributed by atoms with van der Waals surface area (Å²) < 4.78 is 36.4. The Morgan fingerprint density at radius 2 is 1.94 bits per heavy atom. The van der Waals surface area contributed by atoms with E-state index < -0.39 is 10.0 Å². The molecule has 1 aromatic carbocycles. The molecular weight excluding hydrogens is 480 g/mol. The largest absolute Gasteiger partial charge is 0.493 e. The first kappa shape index (κ1) is 26.3. The molecule has 1 fully saturated rings. The summed E-state index contributed by atoms with van der Waals surface area (Å²) in [7, 11) is -1.75. The van der Waals surface area contributed by atoms with Gasteiger partial charge >= 0.3 is 0 Å². The summed E-state index contributed by atoms with van der Waals surface area (Å²) in [6.07, 6.45) is 2.26. The van der Waals surface area contributed by atoms with Crippen molar-refractivity contribution in [3.63, 3.8) is 0 Å². The molecule has 3 aromatic rings. The number of likely N-dealkylation sites (N-methyl/N-ethyl adjacent to an activating group) is 1. The third-order valence-electron chi connectivity index (χ3n) is 7.01. The van der Waals surface area contributed by atoms with Crippen molar-refractivity contribution in [1.82, 2.24) is 28.8 Å². The summed E-state index contributed by atoms with van der Waals surface area (Å²) in [5.74, 6) is 1.38. The number of imidazole rings is 1. The summed E-state index contributed by atoms with van der Waals surface area (Å²) in [6.45, 7) is 11.0. The van der Waals surface area contributed by atoms with Crippen LogP contribution in [0.4, 0.5) is 0 Å². The normalized spacial score (nSPS) is 20.1. The Bertz CT molecular complexity index is 1410. The van der Waals surface area contributed by atoms with E-state index in [0.29, 0.717) is 54.5 Å². The molecule has 2 unspecified atom stereocenters. The quantitative estimate of drug-likeness (QED) is 0.514. The number of sulfonamides is 1. The van der Waals surface area contributed by atoms with Gasteiger partial charge < -0.3 is 9.72 Å². The molecule has 3 heterocycles. The van der Waals surface area contributed by atoms with Gasteiger partial charge in [0.05, 0.1) is 22.8 Å². The van der Waals surface area contributed by atoms with Crippen LogP contribution in [0.5, 0.6) is 5.75 Å². The highest BCUT2D eigenvalue weighted by Gasteiger charge is 2.32. The van der Waals surface area contributed by atoms with E-state index in [4.69, 9.17) is 4.74 Å². The molecule has 10 nitrogen and oxygen atoms in total. The maximum atomic E-state index is 13.7. The Morgan fingerprint density at radius 1 is 1.19 bits per heavy atom. The van der Waals surface area contributed by atoms with Crippen LogP contribution in [-0.2, 0) is 16.4 Å². The van der Waals surface area contributed by atoms with Gasteiger partial charge in [-0.3, -0.25) is 9.69 Å². The standard InChI is InChI=1S/C25H36N6O4S/c1-7-9-22-26-18(5)23-25(32)27-24(28-31(22)23)20-14-19(10-11-21(20)35-8-2)36(33,34)30-13-12-16(3)29(6)17(4)15-30/h10-11,14,16-17H,7-9,12-13,15H2,1-6H3,(H,27,28,32). The van der Waals surface area contributed by atoms with Crippen molar-refractivity contribution in [2.24, 2.45) is 0 Å². The number of H-pyrrole nitrogens is 1. The molecule has 1 N–H and O–H groups in total. The van der Waals surface area contributed by atoms with E-state index in [0.717, 1.165) is 12.8 Å². The smallest absolute Gasteiger partial charge is 0.277 e. The molecule has 0 bridgehead atoms. The average Bonchev–Trinajstić information content (AvgIpc) is 3.09. The lowest BCUT2D eigenvalue weighted by atomic mass is 10.2. The Morgan fingerprint density at radius 3 is 2.64 bits per heavy atom. The zero-order valence-electron chi connectivity index (χ0n) is 21.9. The number of aromatic amines is 1. The van der Waals surface area contributed by atoms with E-state index >= 15 is 0 Å². The lowest BCUT2D eigenvalue weighted by Crippen LogP contribution is -2.41. The minimum Gasteiger partial charge on any atom is -0.493 e. The highest BCUT2D eigenvalue weighted by Crippen LogP contribution is 2.32. The monoisotopic (exact) mass is 516 g/mol.